The highest BCUT2D eigenvalue weighted by atomic mass is 35.5. The number of aliphatic imine (C=N–C) groups is 1. The first-order valence-electron chi connectivity index (χ1n) is 6.70. The predicted molar refractivity (Wildman–Crippen MR) is 95.5 cm³/mol. The minimum atomic E-state index is -4.60. The number of nitrogens with zero attached hydrogens (tertiary/aromatic N) is 1. The van der Waals surface area contributed by atoms with Gasteiger partial charge in [0.05, 0.1) is 34.5 Å². The zero-order valence-electron chi connectivity index (χ0n) is 12.7. The SMILES string of the molecule is COC(=O)c1ccc(Sc2c(Cl)cc(/N=C/S)cc2C(F)(F)F)cc1. The summed E-state index contributed by atoms with van der Waals surface area (Å²) in [6.07, 6.45) is -4.60. The van der Waals surface area contributed by atoms with Crippen LogP contribution in [-0.4, -0.2) is 18.6 Å². The van der Waals surface area contributed by atoms with Gasteiger partial charge in [-0.3, -0.25) is 4.99 Å². The topological polar surface area (TPSA) is 38.7 Å². The second kappa shape index (κ2) is 8.16. The van der Waals surface area contributed by atoms with E-state index in [1.807, 2.05) is 0 Å². The van der Waals surface area contributed by atoms with E-state index in [2.05, 4.69) is 22.4 Å². The van der Waals surface area contributed by atoms with E-state index in [1.54, 1.807) is 0 Å². The van der Waals surface area contributed by atoms with E-state index in [1.165, 1.54) is 37.4 Å². The van der Waals surface area contributed by atoms with Crippen molar-refractivity contribution in [2.75, 3.05) is 7.11 Å². The summed E-state index contributed by atoms with van der Waals surface area (Å²) in [6.45, 7) is 0. The maximum atomic E-state index is 13.4. The molecule has 0 aliphatic heterocycles. The Morgan fingerprint density at radius 2 is 1.92 bits per heavy atom. The molecule has 0 radical (unpaired) electrons. The van der Waals surface area contributed by atoms with Crippen LogP contribution in [0.1, 0.15) is 15.9 Å². The third-order valence-corrected chi connectivity index (χ3v) is 4.71. The van der Waals surface area contributed by atoms with Gasteiger partial charge in [0.1, 0.15) is 0 Å². The Morgan fingerprint density at radius 1 is 1.28 bits per heavy atom. The smallest absolute Gasteiger partial charge is 0.417 e. The van der Waals surface area contributed by atoms with E-state index in [-0.39, 0.29) is 15.6 Å². The van der Waals surface area contributed by atoms with Gasteiger partial charge >= 0.3 is 12.1 Å². The first-order chi connectivity index (χ1) is 11.8. The van der Waals surface area contributed by atoms with E-state index in [0.29, 0.717) is 10.5 Å². The molecule has 25 heavy (non-hydrogen) atoms. The Balaban J connectivity index is 2.43. The number of halogens is 4. The number of carbonyl (C=O) groups excluding carboxylic acids is 1. The van der Waals surface area contributed by atoms with Crippen molar-refractivity contribution in [3.8, 4) is 0 Å². The number of esters is 1. The third-order valence-electron chi connectivity index (χ3n) is 3.04. The number of hydrogen-bond donors (Lipinski definition) is 1. The highest BCUT2D eigenvalue weighted by Crippen LogP contribution is 2.45. The van der Waals surface area contributed by atoms with Gasteiger partial charge in [-0.25, -0.2) is 4.79 Å². The highest BCUT2D eigenvalue weighted by Gasteiger charge is 2.35. The van der Waals surface area contributed by atoms with Crippen molar-refractivity contribution < 1.29 is 22.7 Å². The molecule has 2 aromatic carbocycles. The van der Waals surface area contributed by atoms with Gasteiger partial charge in [0.2, 0.25) is 0 Å². The molecule has 0 fully saturated rings. The van der Waals surface area contributed by atoms with Gasteiger partial charge in [-0.05, 0) is 36.4 Å². The van der Waals surface area contributed by atoms with Gasteiger partial charge in [0, 0.05) is 9.79 Å². The van der Waals surface area contributed by atoms with Crippen molar-refractivity contribution in [3.05, 3.63) is 52.5 Å². The second-order valence-corrected chi connectivity index (χ2v) is 6.39. The van der Waals surface area contributed by atoms with Gasteiger partial charge in [-0.15, -0.1) is 12.6 Å². The third kappa shape index (κ3) is 4.93. The van der Waals surface area contributed by atoms with E-state index in [0.717, 1.165) is 23.4 Å². The number of rotatable bonds is 4. The fourth-order valence-electron chi connectivity index (χ4n) is 1.93. The molecule has 0 saturated heterocycles. The van der Waals surface area contributed by atoms with Crippen LogP contribution in [0, 0.1) is 0 Å². The molecule has 0 saturated carbocycles. The van der Waals surface area contributed by atoms with Crippen molar-refractivity contribution >= 4 is 53.2 Å². The first kappa shape index (κ1) is 19.7. The number of benzene rings is 2. The molecule has 0 N–H and O–H groups in total. The molecule has 2 rings (SSSR count). The van der Waals surface area contributed by atoms with Crippen LogP contribution in [0.15, 0.2) is 51.2 Å². The summed E-state index contributed by atoms with van der Waals surface area (Å²) in [5.74, 6) is -0.528. The van der Waals surface area contributed by atoms with Crippen molar-refractivity contribution in [2.45, 2.75) is 16.0 Å². The average Bonchev–Trinajstić information content (AvgIpc) is 2.56. The minimum absolute atomic E-state index is 0.0534. The highest BCUT2D eigenvalue weighted by molar-refractivity contribution is 7.99. The van der Waals surface area contributed by atoms with Gasteiger partial charge in [-0.2, -0.15) is 13.2 Å². The maximum Gasteiger partial charge on any atom is 0.417 e. The largest absolute Gasteiger partial charge is 0.465 e. The summed E-state index contributed by atoms with van der Waals surface area (Å²) >= 11 is 10.6. The standard InChI is InChI=1S/C16H11ClF3NO2S2/c1-23-15(22)9-2-4-11(5-3-9)25-14-12(16(18,19)20)6-10(21-8-24)7-13(14)17/h2-8H,1H3,(H,21,24). The number of thiol groups is 1. The van der Waals surface area contributed by atoms with E-state index >= 15 is 0 Å². The lowest BCUT2D eigenvalue weighted by Gasteiger charge is -2.15. The van der Waals surface area contributed by atoms with E-state index < -0.39 is 17.7 Å². The van der Waals surface area contributed by atoms with Crippen molar-refractivity contribution in [1.29, 1.82) is 0 Å². The Hall–Kier alpha value is -1.64. The molecule has 0 aromatic heterocycles. The van der Waals surface area contributed by atoms with Crippen molar-refractivity contribution in [1.82, 2.24) is 0 Å². The average molecular weight is 406 g/mol. The fourth-order valence-corrected chi connectivity index (χ4v) is 3.34. The Bertz CT molecular complexity index is 808. The lowest BCUT2D eigenvalue weighted by Crippen LogP contribution is -2.07. The van der Waals surface area contributed by atoms with Gasteiger partial charge in [-0.1, -0.05) is 23.4 Å². The quantitative estimate of drug-likeness (QED) is 0.298. The molecular weight excluding hydrogens is 395 g/mol. The zero-order valence-corrected chi connectivity index (χ0v) is 15.1. The van der Waals surface area contributed by atoms with Crippen LogP contribution in [0.4, 0.5) is 18.9 Å². The molecule has 0 bridgehead atoms. The van der Waals surface area contributed by atoms with Crippen molar-refractivity contribution in [3.63, 3.8) is 0 Å². The number of methoxy groups -OCH3 is 1. The lowest BCUT2D eigenvalue weighted by molar-refractivity contribution is -0.139. The molecule has 0 heterocycles. The van der Waals surface area contributed by atoms with Crippen LogP contribution in [0.25, 0.3) is 0 Å². The predicted octanol–water partition coefficient (Wildman–Crippen LogP) is 5.89. The van der Waals surface area contributed by atoms with Crippen LogP contribution in [0.3, 0.4) is 0 Å². The second-order valence-electron chi connectivity index (χ2n) is 4.66. The molecule has 0 aliphatic rings. The fraction of sp³-hybridized carbons (Fsp3) is 0.125. The molecule has 0 atom stereocenters. The lowest BCUT2D eigenvalue weighted by atomic mass is 10.2. The number of alkyl halides is 3. The van der Waals surface area contributed by atoms with Crippen molar-refractivity contribution in [2.24, 2.45) is 4.99 Å². The van der Waals surface area contributed by atoms with Gasteiger partial charge in [0.15, 0.2) is 0 Å². The maximum absolute atomic E-state index is 13.4. The molecule has 3 nitrogen and oxygen atoms in total. The van der Waals surface area contributed by atoms with Crippen LogP contribution in [0.2, 0.25) is 5.02 Å². The molecule has 0 unspecified atom stereocenters. The summed E-state index contributed by atoms with van der Waals surface area (Å²) in [4.78, 5) is 15.5. The van der Waals surface area contributed by atoms with Crippen LogP contribution < -0.4 is 0 Å². The Labute approximate surface area is 156 Å². The Morgan fingerprint density at radius 3 is 2.44 bits per heavy atom. The molecule has 0 aliphatic carbocycles. The summed E-state index contributed by atoms with van der Waals surface area (Å²) in [5.41, 5.74) is 0.547. The van der Waals surface area contributed by atoms with Crippen LogP contribution >= 0.6 is 36.0 Å². The van der Waals surface area contributed by atoms with Crippen LogP contribution in [0.5, 0.6) is 0 Å². The normalized spacial score (nSPS) is 11.8. The first-order valence-corrected chi connectivity index (χ1v) is 8.41. The van der Waals surface area contributed by atoms with E-state index in [9.17, 15) is 18.0 Å². The summed E-state index contributed by atoms with van der Waals surface area (Å²) in [6, 6.07) is 8.21. The van der Waals surface area contributed by atoms with Crippen LogP contribution in [-0.2, 0) is 10.9 Å². The van der Waals surface area contributed by atoms with E-state index in [4.69, 9.17) is 11.6 Å². The summed E-state index contributed by atoms with van der Waals surface area (Å²) in [5, 5.41) is -0.0780. The minimum Gasteiger partial charge on any atom is -0.465 e. The molecule has 9 heteroatoms. The Kier molecular flexibility index (Phi) is 6.42. The molecular formula is C16H11ClF3NO2S2. The molecule has 0 amide bonds. The number of hydrogen-bond acceptors (Lipinski definition) is 4. The van der Waals surface area contributed by atoms with Gasteiger partial charge in [0.25, 0.3) is 0 Å². The van der Waals surface area contributed by atoms with Gasteiger partial charge < -0.3 is 4.74 Å². The molecule has 0 spiro atoms. The number of carbonyl (C=O) groups is 1. The zero-order chi connectivity index (χ0) is 18.6. The molecule has 132 valence electrons. The molecule has 2 aromatic rings. The summed E-state index contributed by atoms with van der Waals surface area (Å²) in [7, 11) is 1.25. The summed E-state index contributed by atoms with van der Waals surface area (Å²) < 4.78 is 44.7. The number of ether oxygens (including phenoxy) is 1. The monoisotopic (exact) mass is 405 g/mol.